The highest BCUT2D eigenvalue weighted by Crippen LogP contribution is 2.26. The maximum absolute atomic E-state index is 5.84. The van der Waals surface area contributed by atoms with Gasteiger partial charge in [-0.25, -0.2) is 10.1 Å². The Morgan fingerprint density at radius 3 is 2.90 bits per heavy atom. The lowest BCUT2D eigenvalue weighted by Gasteiger charge is -2.30. The number of aromatic nitrogens is 2. The fourth-order valence-electron chi connectivity index (χ4n) is 2.42. The summed E-state index contributed by atoms with van der Waals surface area (Å²) in [6.07, 6.45) is 1.86. The van der Waals surface area contributed by atoms with Crippen molar-refractivity contribution in [1.29, 1.82) is 0 Å². The Bertz CT molecular complexity index is 539. The maximum Gasteiger partial charge on any atom is 0.0903 e. The Morgan fingerprint density at radius 1 is 1.35 bits per heavy atom. The lowest BCUT2D eigenvalue weighted by molar-refractivity contribution is 0.0451. The van der Waals surface area contributed by atoms with Gasteiger partial charge in [0.2, 0.25) is 0 Å². The van der Waals surface area contributed by atoms with Crippen LogP contribution in [0.25, 0.3) is 5.69 Å². The number of thioether (sulfide) groups is 1. The van der Waals surface area contributed by atoms with E-state index in [-0.39, 0.29) is 12.1 Å². The Balaban J connectivity index is 1.91. The number of para-hydroxylation sites is 1. The number of hydrogen-bond acceptors (Lipinski definition) is 5. The van der Waals surface area contributed by atoms with E-state index in [1.165, 1.54) is 0 Å². The molecule has 1 aliphatic rings. The second kappa shape index (κ2) is 6.41. The summed E-state index contributed by atoms with van der Waals surface area (Å²) in [5, 5.41) is 4.41. The van der Waals surface area contributed by atoms with Crippen molar-refractivity contribution in [2.75, 3.05) is 18.1 Å². The van der Waals surface area contributed by atoms with E-state index in [0.29, 0.717) is 0 Å². The van der Waals surface area contributed by atoms with Crippen molar-refractivity contribution in [2.45, 2.75) is 12.1 Å². The van der Waals surface area contributed by atoms with Crippen molar-refractivity contribution in [3.05, 3.63) is 48.3 Å². The Morgan fingerprint density at radius 2 is 2.20 bits per heavy atom. The molecule has 0 aliphatic carbocycles. The molecule has 106 valence electrons. The zero-order chi connectivity index (χ0) is 13.8. The Hall–Kier alpha value is -1.34. The number of ether oxygens (including phenoxy) is 1. The molecule has 0 bridgehead atoms. The molecule has 1 saturated heterocycles. The molecule has 1 aromatic carbocycles. The van der Waals surface area contributed by atoms with Gasteiger partial charge in [-0.1, -0.05) is 18.2 Å². The number of rotatable bonds is 4. The molecule has 0 radical (unpaired) electrons. The summed E-state index contributed by atoms with van der Waals surface area (Å²) in [7, 11) is 0. The molecule has 5 nitrogen and oxygen atoms in total. The van der Waals surface area contributed by atoms with Gasteiger partial charge < -0.3 is 4.74 Å². The smallest absolute Gasteiger partial charge is 0.0903 e. The van der Waals surface area contributed by atoms with E-state index in [9.17, 15) is 0 Å². The molecule has 2 aromatic rings. The molecule has 1 fully saturated rings. The SMILES string of the molecule is NNC(c1ccnn1-c1ccccc1)C1CSCCO1. The van der Waals surface area contributed by atoms with Gasteiger partial charge in [0.25, 0.3) is 0 Å². The molecule has 6 heteroatoms. The van der Waals surface area contributed by atoms with E-state index < -0.39 is 0 Å². The van der Waals surface area contributed by atoms with Gasteiger partial charge in [-0.05, 0) is 18.2 Å². The molecule has 20 heavy (non-hydrogen) atoms. The predicted molar refractivity (Wildman–Crippen MR) is 80.7 cm³/mol. The zero-order valence-corrected chi connectivity index (χ0v) is 11.9. The lowest BCUT2D eigenvalue weighted by Crippen LogP contribution is -2.42. The van der Waals surface area contributed by atoms with Crippen LogP contribution in [-0.4, -0.2) is 34.0 Å². The Labute approximate surface area is 122 Å². The van der Waals surface area contributed by atoms with E-state index in [0.717, 1.165) is 29.5 Å². The van der Waals surface area contributed by atoms with Crippen LogP contribution in [-0.2, 0) is 4.74 Å². The van der Waals surface area contributed by atoms with Gasteiger partial charge >= 0.3 is 0 Å². The summed E-state index contributed by atoms with van der Waals surface area (Å²) >= 11 is 1.90. The monoisotopic (exact) mass is 290 g/mol. The number of hydrogen-bond donors (Lipinski definition) is 2. The van der Waals surface area contributed by atoms with E-state index in [2.05, 4.69) is 10.5 Å². The van der Waals surface area contributed by atoms with Gasteiger partial charge in [0.05, 0.1) is 30.1 Å². The molecule has 2 heterocycles. The van der Waals surface area contributed by atoms with Crippen LogP contribution in [0, 0.1) is 0 Å². The summed E-state index contributed by atoms with van der Waals surface area (Å²) in [4.78, 5) is 0. The van der Waals surface area contributed by atoms with E-state index >= 15 is 0 Å². The topological polar surface area (TPSA) is 65.1 Å². The summed E-state index contributed by atoms with van der Waals surface area (Å²) in [6.45, 7) is 0.771. The first-order valence-electron chi connectivity index (χ1n) is 6.65. The maximum atomic E-state index is 5.84. The number of benzene rings is 1. The average molecular weight is 290 g/mol. The third kappa shape index (κ3) is 2.73. The quantitative estimate of drug-likeness (QED) is 0.660. The summed E-state index contributed by atoms with van der Waals surface area (Å²) in [5.41, 5.74) is 4.93. The van der Waals surface area contributed by atoms with Crippen molar-refractivity contribution in [1.82, 2.24) is 15.2 Å². The van der Waals surface area contributed by atoms with Crippen LogP contribution in [0.3, 0.4) is 0 Å². The van der Waals surface area contributed by atoms with Crippen molar-refractivity contribution < 1.29 is 4.74 Å². The van der Waals surface area contributed by atoms with Crippen molar-refractivity contribution >= 4 is 11.8 Å². The van der Waals surface area contributed by atoms with E-state index in [1.807, 2.05) is 52.8 Å². The predicted octanol–water partition coefficient (Wildman–Crippen LogP) is 1.51. The number of hydrazine groups is 1. The van der Waals surface area contributed by atoms with Crippen molar-refractivity contribution in [3.63, 3.8) is 0 Å². The van der Waals surface area contributed by atoms with Gasteiger partial charge in [-0.3, -0.25) is 5.84 Å². The molecule has 1 aliphatic heterocycles. The van der Waals surface area contributed by atoms with E-state index in [4.69, 9.17) is 10.6 Å². The molecule has 0 saturated carbocycles. The van der Waals surface area contributed by atoms with Crippen LogP contribution in [0.2, 0.25) is 0 Å². The lowest BCUT2D eigenvalue weighted by atomic mass is 10.1. The summed E-state index contributed by atoms with van der Waals surface area (Å²) in [5.74, 6) is 7.75. The highest BCUT2D eigenvalue weighted by atomic mass is 32.2. The van der Waals surface area contributed by atoms with Gasteiger partial charge in [0, 0.05) is 17.7 Å². The summed E-state index contributed by atoms with van der Waals surface area (Å²) < 4.78 is 7.75. The Kier molecular flexibility index (Phi) is 4.37. The first kappa shape index (κ1) is 13.6. The average Bonchev–Trinajstić information content (AvgIpc) is 2.99. The molecular formula is C14H18N4OS. The van der Waals surface area contributed by atoms with Crippen LogP contribution in [0.5, 0.6) is 0 Å². The summed E-state index contributed by atoms with van der Waals surface area (Å²) in [6, 6.07) is 12.0. The van der Waals surface area contributed by atoms with Crippen LogP contribution < -0.4 is 11.3 Å². The molecule has 0 spiro atoms. The normalized spacial score (nSPS) is 20.8. The highest BCUT2D eigenvalue weighted by Gasteiger charge is 2.28. The minimum atomic E-state index is -0.0643. The first-order chi connectivity index (χ1) is 9.90. The number of nitrogens with zero attached hydrogens (tertiary/aromatic N) is 2. The molecule has 3 rings (SSSR count). The van der Waals surface area contributed by atoms with Gasteiger partial charge in [0.1, 0.15) is 0 Å². The first-order valence-corrected chi connectivity index (χ1v) is 7.80. The number of nitrogens with one attached hydrogen (secondary N) is 1. The van der Waals surface area contributed by atoms with Gasteiger partial charge in [-0.15, -0.1) is 0 Å². The van der Waals surface area contributed by atoms with Gasteiger partial charge in [-0.2, -0.15) is 16.9 Å². The zero-order valence-electron chi connectivity index (χ0n) is 11.1. The molecule has 0 amide bonds. The third-order valence-corrected chi connectivity index (χ3v) is 4.40. The molecule has 1 aromatic heterocycles. The minimum Gasteiger partial charge on any atom is -0.374 e. The van der Waals surface area contributed by atoms with E-state index in [1.54, 1.807) is 6.20 Å². The minimum absolute atomic E-state index is 0.0643. The largest absolute Gasteiger partial charge is 0.374 e. The van der Waals surface area contributed by atoms with Crippen LogP contribution in [0.1, 0.15) is 11.7 Å². The second-order valence-electron chi connectivity index (χ2n) is 4.63. The molecule has 2 unspecified atom stereocenters. The fraction of sp³-hybridized carbons (Fsp3) is 0.357. The van der Waals surface area contributed by atoms with Gasteiger partial charge in [0.15, 0.2) is 0 Å². The number of nitrogens with two attached hydrogens (primary N) is 1. The molecular weight excluding hydrogens is 272 g/mol. The third-order valence-electron chi connectivity index (χ3n) is 3.38. The highest BCUT2D eigenvalue weighted by molar-refractivity contribution is 7.99. The second-order valence-corrected chi connectivity index (χ2v) is 5.78. The fourth-order valence-corrected chi connectivity index (χ4v) is 3.32. The van der Waals surface area contributed by atoms with Crippen molar-refractivity contribution in [2.24, 2.45) is 5.84 Å². The molecule has 3 N–H and O–H groups in total. The van der Waals surface area contributed by atoms with Crippen molar-refractivity contribution in [3.8, 4) is 5.69 Å². The van der Waals surface area contributed by atoms with Crippen LogP contribution >= 0.6 is 11.8 Å². The van der Waals surface area contributed by atoms with Crippen LogP contribution in [0.4, 0.5) is 0 Å². The standard InChI is InChI=1S/C14H18N4OS/c15-17-14(13-10-20-9-8-19-13)12-6-7-16-18(12)11-4-2-1-3-5-11/h1-7,13-14,17H,8-10,15H2. The molecule has 2 atom stereocenters. The van der Waals surface area contributed by atoms with Crippen LogP contribution in [0.15, 0.2) is 42.6 Å².